The van der Waals surface area contributed by atoms with Crippen molar-refractivity contribution in [2.45, 2.75) is 13.5 Å². The van der Waals surface area contributed by atoms with Gasteiger partial charge in [0.2, 0.25) is 0 Å². The van der Waals surface area contributed by atoms with Crippen LogP contribution in [0, 0.1) is 6.92 Å². The molecule has 0 aromatic carbocycles. The van der Waals surface area contributed by atoms with Gasteiger partial charge in [0.25, 0.3) is 0 Å². The Labute approximate surface area is 93.8 Å². The van der Waals surface area contributed by atoms with E-state index < -0.39 is 0 Å². The molecular weight excluding hydrogens is 204 g/mol. The smallest absolute Gasteiger partial charge is 0.133 e. The van der Waals surface area contributed by atoms with Crippen molar-refractivity contribution in [2.24, 2.45) is 7.05 Å². The normalized spacial score (nSPS) is 10.4. The SMILES string of the molecule is Cc1nn(C)cc1NCc1ccc(O)cn1. The van der Waals surface area contributed by atoms with Gasteiger partial charge in [-0.3, -0.25) is 9.67 Å². The maximum absolute atomic E-state index is 9.09. The first-order valence-corrected chi connectivity index (χ1v) is 5.03. The van der Waals surface area contributed by atoms with Crippen molar-refractivity contribution >= 4 is 5.69 Å². The molecule has 0 aliphatic carbocycles. The Morgan fingerprint density at radius 1 is 1.44 bits per heavy atom. The monoisotopic (exact) mass is 218 g/mol. The van der Waals surface area contributed by atoms with E-state index in [0.717, 1.165) is 17.1 Å². The summed E-state index contributed by atoms with van der Waals surface area (Å²) in [5, 5.41) is 16.6. The van der Waals surface area contributed by atoms with Crippen molar-refractivity contribution in [1.82, 2.24) is 14.8 Å². The van der Waals surface area contributed by atoms with Crippen LogP contribution in [0.2, 0.25) is 0 Å². The van der Waals surface area contributed by atoms with Gasteiger partial charge in [0.1, 0.15) is 5.75 Å². The third kappa shape index (κ3) is 2.31. The first-order chi connectivity index (χ1) is 7.65. The first-order valence-electron chi connectivity index (χ1n) is 5.03. The molecule has 0 saturated carbocycles. The van der Waals surface area contributed by atoms with Gasteiger partial charge in [-0.1, -0.05) is 0 Å². The van der Waals surface area contributed by atoms with Crippen LogP contribution in [0.15, 0.2) is 24.5 Å². The van der Waals surface area contributed by atoms with Gasteiger partial charge in [-0.15, -0.1) is 0 Å². The lowest BCUT2D eigenvalue weighted by molar-refractivity contribution is 0.472. The van der Waals surface area contributed by atoms with E-state index in [1.54, 1.807) is 16.8 Å². The third-order valence-corrected chi connectivity index (χ3v) is 2.28. The molecule has 0 bridgehead atoms. The number of aromatic nitrogens is 3. The van der Waals surface area contributed by atoms with Crippen LogP contribution in [-0.2, 0) is 13.6 Å². The van der Waals surface area contributed by atoms with Crippen molar-refractivity contribution in [3.05, 3.63) is 35.9 Å². The average molecular weight is 218 g/mol. The molecule has 0 aliphatic rings. The number of nitrogens with zero attached hydrogens (tertiary/aromatic N) is 3. The standard InChI is InChI=1S/C11H14N4O/c1-8-11(7-15(2)14-8)13-5-9-3-4-10(16)6-12-9/h3-4,6-7,13,16H,5H2,1-2H3. The van der Waals surface area contributed by atoms with Crippen molar-refractivity contribution in [3.63, 3.8) is 0 Å². The topological polar surface area (TPSA) is 63.0 Å². The molecule has 16 heavy (non-hydrogen) atoms. The Balaban J connectivity index is 2.02. The second-order valence-corrected chi connectivity index (χ2v) is 3.66. The summed E-state index contributed by atoms with van der Waals surface area (Å²) in [5.74, 6) is 0.182. The fourth-order valence-corrected chi connectivity index (χ4v) is 1.48. The zero-order valence-electron chi connectivity index (χ0n) is 9.31. The van der Waals surface area contributed by atoms with Crippen molar-refractivity contribution in [2.75, 3.05) is 5.32 Å². The molecule has 0 amide bonds. The minimum atomic E-state index is 0.182. The summed E-state index contributed by atoms with van der Waals surface area (Å²) in [4.78, 5) is 4.09. The summed E-state index contributed by atoms with van der Waals surface area (Å²) < 4.78 is 1.77. The van der Waals surface area contributed by atoms with Gasteiger partial charge in [0.15, 0.2) is 0 Å². The molecule has 2 N–H and O–H groups in total. The summed E-state index contributed by atoms with van der Waals surface area (Å²) >= 11 is 0. The molecule has 0 atom stereocenters. The largest absolute Gasteiger partial charge is 0.506 e. The molecule has 0 saturated heterocycles. The molecule has 5 heteroatoms. The number of aromatic hydroxyl groups is 1. The molecule has 0 aliphatic heterocycles. The van der Waals surface area contributed by atoms with E-state index in [-0.39, 0.29) is 5.75 Å². The van der Waals surface area contributed by atoms with Gasteiger partial charge < -0.3 is 10.4 Å². The van der Waals surface area contributed by atoms with E-state index in [0.29, 0.717) is 6.54 Å². The summed E-state index contributed by atoms with van der Waals surface area (Å²) in [5.41, 5.74) is 2.83. The fraction of sp³-hybridized carbons (Fsp3) is 0.273. The number of pyridine rings is 1. The van der Waals surface area contributed by atoms with Crippen LogP contribution in [0.5, 0.6) is 5.75 Å². The van der Waals surface area contributed by atoms with E-state index >= 15 is 0 Å². The highest BCUT2D eigenvalue weighted by Gasteiger charge is 2.02. The van der Waals surface area contributed by atoms with Crippen LogP contribution < -0.4 is 5.32 Å². The molecule has 0 unspecified atom stereocenters. The second-order valence-electron chi connectivity index (χ2n) is 3.66. The highest BCUT2D eigenvalue weighted by atomic mass is 16.3. The predicted octanol–water partition coefficient (Wildman–Crippen LogP) is 1.44. The quantitative estimate of drug-likeness (QED) is 0.818. The van der Waals surface area contributed by atoms with Crippen molar-refractivity contribution in [3.8, 4) is 5.75 Å². The molecule has 2 aromatic rings. The zero-order valence-corrected chi connectivity index (χ0v) is 9.31. The highest BCUT2D eigenvalue weighted by molar-refractivity contribution is 5.45. The summed E-state index contributed by atoms with van der Waals surface area (Å²) in [6.07, 6.45) is 3.36. The summed E-state index contributed by atoms with van der Waals surface area (Å²) in [7, 11) is 1.89. The van der Waals surface area contributed by atoms with Crippen LogP contribution in [0.1, 0.15) is 11.4 Å². The number of nitrogens with one attached hydrogen (secondary N) is 1. The van der Waals surface area contributed by atoms with Crippen LogP contribution in [0.4, 0.5) is 5.69 Å². The molecule has 2 rings (SSSR count). The number of hydrogen-bond acceptors (Lipinski definition) is 4. The molecule has 2 aromatic heterocycles. The Morgan fingerprint density at radius 2 is 2.25 bits per heavy atom. The third-order valence-electron chi connectivity index (χ3n) is 2.28. The first kappa shape index (κ1) is 10.5. The van der Waals surface area contributed by atoms with Crippen LogP contribution in [0.25, 0.3) is 0 Å². The Hall–Kier alpha value is -2.04. The van der Waals surface area contributed by atoms with Gasteiger partial charge in [-0.05, 0) is 19.1 Å². The van der Waals surface area contributed by atoms with Crippen molar-refractivity contribution < 1.29 is 5.11 Å². The van der Waals surface area contributed by atoms with E-state index in [9.17, 15) is 0 Å². The lowest BCUT2D eigenvalue weighted by Gasteiger charge is -2.03. The highest BCUT2D eigenvalue weighted by Crippen LogP contribution is 2.13. The predicted molar refractivity (Wildman–Crippen MR) is 61.2 cm³/mol. The lowest BCUT2D eigenvalue weighted by Crippen LogP contribution is -2.01. The number of hydrogen-bond donors (Lipinski definition) is 2. The van der Waals surface area contributed by atoms with E-state index in [2.05, 4.69) is 15.4 Å². The minimum absolute atomic E-state index is 0.182. The Morgan fingerprint density at radius 3 is 2.81 bits per heavy atom. The average Bonchev–Trinajstić information content (AvgIpc) is 2.57. The number of aryl methyl sites for hydroxylation is 2. The van der Waals surface area contributed by atoms with E-state index in [1.165, 1.54) is 6.20 Å². The van der Waals surface area contributed by atoms with Gasteiger partial charge in [0, 0.05) is 13.2 Å². The summed E-state index contributed by atoms with van der Waals surface area (Å²) in [6.45, 7) is 2.57. The number of anilines is 1. The molecule has 0 radical (unpaired) electrons. The lowest BCUT2D eigenvalue weighted by atomic mass is 10.3. The van der Waals surface area contributed by atoms with Gasteiger partial charge in [-0.2, -0.15) is 5.10 Å². The molecule has 2 heterocycles. The minimum Gasteiger partial charge on any atom is -0.506 e. The molecule has 0 fully saturated rings. The van der Waals surface area contributed by atoms with Gasteiger partial charge in [-0.25, -0.2) is 0 Å². The van der Waals surface area contributed by atoms with Crippen LogP contribution in [-0.4, -0.2) is 19.9 Å². The van der Waals surface area contributed by atoms with Crippen molar-refractivity contribution in [1.29, 1.82) is 0 Å². The zero-order chi connectivity index (χ0) is 11.5. The molecular formula is C11H14N4O. The maximum atomic E-state index is 9.09. The fourth-order valence-electron chi connectivity index (χ4n) is 1.48. The Kier molecular flexibility index (Phi) is 2.76. The van der Waals surface area contributed by atoms with E-state index in [4.69, 9.17) is 5.11 Å². The number of rotatable bonds is 3. The van der Waals surface area contributed by atoms with Gasteiger partial charge in [0.05, 0.1) is 29.8 Å². The Bertz CT molecular complexity index is 475. The molecule has 0 spiro atoms. The molecule has 5 nitrogen and oxygen atoms in total. The summed E-state index contributed by atoms with van der Waals surface area (Å²) in [6, 6.07) is 3.41. The van der Waals surface area contributed by atoms with Crippen LogP contribution >= 0.6 is 0 Å². The second kappa shape index (κ2) is 4.22. The van der Waals surface area contributed by atoms with Gasteiger partial charge >= 0.3 is 0 Å². The maximum Gasteiger partial charge on any atom is 0.133 e. The molecule has 84 valence electrons. The van der Waals surface area contributed by atoms with Crippen LogP contribution in [0.3, 0.4) is 0 Å². The van der Waals surface area contributed by atoms with E-state index in [1.807, 2.05) is 20.2 Å².